The highest BCUT2D eigenvalue weighted by Gasteiger charge is 2.21. The average molecular weight is 296 g/mol. The summed E-state index contributed by atoms with van der Waals surface area (Å²) in [6, 6.07) is 13.0. The molecule has 0 amide bonds. The number of aromatic nitrogens is 3. The Labute approximate surface area is 125 Å². The van der Waals surface area contributed by atoms with Gasteiger partial charge in [-0.2, -0.15) is 0 Å². The van der Waals surface area contributed by atoms with E-state index in [0.717, 1.165) is 0 Å². The highest BCUT2D eigenvalue weighted by Crippen LogP contribution is 2.27. The maximum absolute atomic E-state index is 11.4. The van der Waals surface area contributed by atoms with E-state index in [9.17, 15) is 15.0 Å². The van der Waals surface area contributed by atoms with Gasteiger partial charge >= 0.3 is 5.97 Å². The molecule has 0 radical (unpaired) electrons. The van der Waals surface area contributed by atoms with Crippen molar-refractivity contribution in [3.05, 3.63) is 54.2 Å². The third-order valence-corrected chi connectivity index (χ3v) is 3.13. The second-order valence-corrected chi connectivity index (χ2v) is 4.65. The fraction of sp³-hybridized carbons (Fsp3) is 0. The van der Waals surface area contributed by atoms with Gasteiger partial charge in [0.25, 0.3) is 0 Å². The van der Waals surface area contributed by atoms with Gasteiger partial charge in [-0.15, -0.1) is 5.10 Å². The van der Waals surface area contributed by atoms with Gasteiger partial charge in [0.05, 0.1) is 5.69 Å². The number of carboxylic acid groups (broad SMARTS) is 1. The fourth-order valence-electron chi connectivity index (χ4n) is 2.15. The van der Waals surface area contributed by atoms with E-state index in [1.54, 1.807) is 36.4 Å². The predicted molar refractivity (Wildman–Crippen MR) is 79.8 cm³/mol. The Morgan fingerprint density at radius 2 is 1.86 bits per heavy atom. The van der Waals surface area contributed by atoms with Gasteiger partial charge in [-0.05, 0) is 36.4 Å². The molecule has 7 nitrogen and oxygen atoms in total. The topological polar surface area (TPSA) is 114 Å². The zero-order chi connectivity index (χ0) is 15.7. The van der Waals surface area contributed by atoms with Gasteiger partial charge in [0.15, 0.2) is 5.69 Å². The van der Waals surface area contributed by atoms with Gasteiger partial charge in [-0.1, -0.05) is 17.3 Å². The largest absolute Gasteiger partial charge is 0.508 e. The molecule has 0 bridgehead atoms. The first kappa shape index (κ1) is 13.6. The van der Waals surface area contributed by atoms with Crippen LogP contribution < -0.4 is 5.73 Å². The molecule has 3 rings (SSSR count). The second-order valence-electron chi connectivity index (χ2n) is 4.65. The van der Waals surface area contributed by atoms with Crippen LogP contribution in [0.25, 0.3) is 16.9 Å². The number of phenols is 1. The summed E-state index contributed by atoms with van der Waals surface area (Å²) in [7, 11) is 0. The number of hydrogen-bond acceptors (Lipinski definition) is 5. The number of nitrogen functional groups attached to an aromatic ring is 1. The van der Waals surface area contributed by atoms with Crippen LogP contribution in [0.15, 0.2) is 48.5 Å². The number of hydrogen-bond donors (Lipinski definition) is 3. The first-order valence-corrected chi connectivity index (χ1v) is 6.40. The molecule has 1 aromatic heterocycles. The standard InChI is InChI=1S/C15H12N4O3/c16-10-3-1-2-9(8-10)14-13(15(21)22)17-18-19(14)11-4-6-12(20)7-5-11/h1-8,20H,16H2,(H,21,22). The number of nitrogens with two attached hydrogens (primary N) is 1. The molecule has 0 unspecified atom stereocenters. The number of carboxylic acids is 1. The molecular formula is C15H12N4O3. The first-order chi connectivity index (χ1) is 10.6. The minimum Gasteiger partial charge on any atom is -0.508 e. The molecular weight excluding hydrogens is 284 g/mol. The Kier molecular flexibility index (Phi) is 3.23. The average Bonchev–Trinajstić information content (AvgIpc) is 2.93. The highest BCUT2D eigenvalue weighted by atomic mass is 16.4. The number of aromatic hydroxyl groups is 1. The molecule has 22 heavy (non-hydrogen) atoms. The van der Waals surface area contributed by atoms with Crippen molar-refractivity contribution in [2.24, 2.45) is 0 Å². The Morgan fingerprint density at radius 3 is 2.50 bits per heavy atom. The third-order valence-electron chi connectivity index (χ3n) is 3.13. The normalized spacial score (nSPS) is 10.5. The van der Waals surface area contributed by atoms with Gasteiger partial charge in [0, 0.05) is 11.3 Å². The van der Waals surface area contributed by atoms with Crippen LogP contribution in [0.4, 0.5) is 5.69 Å². The molecule has 0 aliphatic heterocycles. The molecule has 0 aliphatic rings. The molecule has 110 valence electrons. The molecule has 0 fully saturated rings. The van der Waals surface area contributed by atoms with Crippen molar-refractivity contribution < 1.29 is 15.0 Å². The Balaban J connectivity index is 2.24. The van der Waals surface area contributed by atoms with Crippen LogP contribution in [0.1, 0.15) is 10.5 Å². The van der Waals surface area contributed by atoms with Crippen LogP contribution in [0.3, 0.4) is 0 Å². The van der Waals surface area contributed by atoms with E-state index in [-0.39, 0.29) is 11.4 Å². The number of benzene rings is 2. The third kappa shape index (κ3) is 2.35. The van der Waals surface area contributed by atoms with Crippen molar-refractivity contribution in [3.8, 4) is 22.7 Å². The van der Waals surface area contributed by atoms with Crippen molar-refractivity contribution in [1.82, 2.24) is 15.0 Å². The highest BCUT2D eigenvalue weighted by molar-refractivity contribution is 5.93. The van der Waals surface area contributed by atoms with Crippen molar-refractivity contribution >= 4 is 11.7 Å². The van der Waals surface area contributed by atoms with Crippen molar-refractivity contribution in [2.75, 3.05) is 5.73 Å². The van der Waals surface area contributed by atoms with Crippen LogP contribution in [0.2, 0.25) is 0 Å². The van der Waals surface area contributed by atoms with Crippen LogP contribution in [-0.4, -0.2) is 31.2 Å². The van der Waals surface area contributed by atoms with Gasteiger partial charge in [0.1, 0.15) is 11.4 Å². The van der Waals surface area contributed by atoms with Crippen molar-refractivity contribution in [2.45, 2.75) is 0 Å². The minimum absolute atomic E-state index is 0.104. The molecule has 0 saturated carbocycles. The summed E-state index contributed by atoms with van der Waals surface area (Å²) < 4.78 is 1.40. The van der Waals surface area contributed by atoms with Gasteiger partial charge in [-0.25, -0.2) is 9.48 Å². The summed E-state index contributed by atoms with van der Waals surface area (Å²) in [5.41, 5.74) is 7.60. The van der Waals surface area contributed by atoms with Gasteiger partial charge in [0.2, 0.25) is 0 Å². The number of phenolic OH excluding ortho intramolecular Hbond substituents is 1. The lowest BCUT2D eigenvalue weighted by atomic mass is 10.1. The lowest BCUT2D eigenvalue weighted by Gasteiger charge is -2.08. The van der Waals surface area contributed by atoms with Gasteiger partial charge < -0.3 is 15.9 Å². The van der Waals surface area contributed by atoms with Gasteiger partial charge in [-0.3, -0.25) is 0 Å². The summed E-state index contributed by atoms with van der Waals surface area (Å²) in [5.74, 6) is -1.07. The maximum Gasteiger partial charge on any atom is 0.358 e. The summed E-state index contributed by atoms with van der Waals surface area (Å²) in [4.78, 5) is 11.4. The number of nitrogens with zero attached hydrogens (tertiary/aromatic N) is 3. The maximum atomic E-state index is 11.4. The second kappa shape index (κ2) is 5.21. The van der Waals surface area contributed by atoms with Crippen LogP contribution in [0, 0.1) is 0 Å². The van der Waals surface area contributed by atoms with E-state index in [1.165, 1.54) is 16.8 Å². The van der Waals surface area contributed by atoms with Crippen LogP contribution in [0.5, 0.6) is 5.75 Å². The Bertz CT molecular complexity index is 840. The molecule has 4 N–H and O–H groups in total. The summed E-state index contributed by atoms with van der Waals surface area (Å²) in [6.07, 6.45) is 0. The summed E-state index contributed by atoms with van der Waals surface area (Å²) in [6.45, 7) is 0. The van der Waals surface area contributed by atoms with E-state index in [1.807, 2.05) is 0 Å². The molecule has 7 heteroatoms. The van der Waals surface area contributed by atoms with Crippen molar-refractivity contribution in [3.63, 3.8) is 0 Å². The number of rotatable bonds is 3. The smallest absolute Gasteiger partial charge is 0.358 e. The lowest BCUT2D eigenvalue weighted by molar-refractivity contribution is 0.0691. The first-order valence-electron chi connectivity index (χ1n) is 6.40. The molecule has 0 aliphatic carbocycles. The Morgan fingerprint density at radius 1 is 1.14 bits per heavy atom. The molecule has 0 spiro atoms. The number of anilines is 1. The number of carbonyl (C=O) groups is 1. The Hall–Kier alpha value is -3.35. The van der Waals surface area contributed by atoms with Crippen molar-refractivity contribution in [1.29, 1.82) is 0 Å². The van der Waals surface area contributed by atoms with E-state index in [4.69, 9.17) is 5.73 Å². The predicted octanol–water partition coefficient (Wildman–Crippen LogP) is 1.92. The fourth-order valence-corrected chi connectivity index (χ4v) is 2.15. The zero-order valence-corrected chi connectivity index (χ0v) is 11.3. The van der Waals surface area contributed by atoms with Crippen LogP contribution in [-0.2, 0) is 0 Å². The summed E-state index contributed by atoms with van der Waals surface area (Å²) >= 11 is 0. The minimum atomic E-state index is -1.18. The SMILES string of the molecule is Nc1cccc(-c2c(C(=O)O)nnn2-c2ccc(O)cc2)c1. The number of aromatic carboxylic acids is 1. The van der Waals surface area contributed by atoms with E-state index < -0.39 is 5.97 Å². The molecule has 1 heterocycles. The lowest BCUT2D eigenvalue weighted by Crippen LogP contribution is -2.03. The van der Waals surface area contributed by atoms with E-state index in [0.29, 0.717) is 22.6 Å². The summed E-state index contributed by atoms with van der Waals surface area (Å²) in [5, 5.41) is 26.3. The molecule has 0 saturated heterocycles. The molecule has 3 aromatic rings. The monoisotopic (exact) mass is 296 g/mol. The van der Waals surface area contributed by atoms with E-state index in [2.05, 4.69) is 10.3 Å². The molecule has 2 aromatic carbocycles. The quantitative estimate of drug-likeness (QED) is 0.636. The zero-order valence-electron chi connectivity index (χ0n) is 11.3. The van der Waals surface area contributed by atoms with Crippen LogP contribution >= 0.6 is 0 Å². The molecule has 0 atom stereocenters. The van der Waals surface area contributed by atoms with E-state index >= 15 is 0 Å².